The molecule has 2 N–H and O–H groups in total. The molecule has 0 aromatic carbocycles. The number of anilines is 1. The highest BCUT2D eigenvalue weighted by molar-refractivity contribution is 5.92. The zero-order valence-electron chi connectivity index (χ0n) is 12.3. The Morgan fingerprint density at radius 3 is 2.58 bits per heavy atom. The molecule has 0 spiro atoms. The summed E-state index contributed by atoms with van der Waals surface area (Å²) in [5.74, 6) is 0.824. The lowest BCUT2D eigenvalue weighted by atomic mass is 10.0. The highest BCUT2D eigenvalue weighted by Gasteiger charge is 2.25. The number of imidazole rings is 1. The first-order valence-electron chi connectivity index (χ1n) is 6.44. The molecule has 0 saturated carbocycles. The third-order valence-corrected chi connectivity index (χ3v) is 3.10. The molecule has 0 bridgehead atoms. The van der Waals surface area contributed by atoms with Gasteiger partial charge < -0.3 is 19.8 Å². The zero-order chi connectivity index (χ0) is 14.6. The first-order valence-corrected chi connectivity index (χ1v) is 6.44. The van der Waals surface area contributed by atoms with Crippen molar-refractivity contribution in [3.8, 4) is 0 Å². The highest BCUT2D eigenvalue weighted by atomic mass is 16.5. The molecule has 1 rings (SSSR count). The summed E-state index contributed by atoms with van der Waals surface area (Å²) < 4.78 is 12.0. The third kappa shape index (κ3) is 3.26. The van der Waals surface area contributed by atoms with Gasteiger partial charge in [-0.3, -0.25) is 0 Å². The Kier molecular flexibility index (Phi) is 5.35. The predicted octanol–water partition coefficient (Wildman–Crippen LogP) is 1.79. The Morgan fingerprint density at radius 1 is 1.47 bits per heavy atom. The lowest BCUT2D eigenvalue weighted by Crippen LogP contribution is -2.23. The Morgan fingerprint density at radius 2 is 2.11 bits per heavy atom. The molecule has 0 saturated heterocycles. The van der Waals surface area contributed by atoms with E-state index >= 15 is 0 Å². The molecule has 0 aliphatic rings. The van der Waals surface area contributed by atoms with Crippen LogP contribution in [0.1, 0.15) is 43.1 Å². The number of nitrogen functional groups attached to an aromatic ring is 1. The van der Waals surface area contributed by atoms with Gasteiger partial charge in [0, 0.05) is 6.61 Å². The van der Waals surface area contributed by atoms with Gasteiger partial charge in [0.25, 0.3) is 0 Å². The van der Waals surface area contributed by atoms with Crippen LogP contribution < -0.4 is 5.73 Å². The number of hydrogen-bond acceptors (Lipinski definition) is 5. The molecule has 1 aromatic heterocycles. The summed E-state index contributed by atoms with van der Waals surface area (Å²) in [6.45, 7) is 9.11. The maximum Gasteiger partial charge on any atom is 0.360 e. The first-order chi connectivity index (χ1) is 8.93. The Hall–Kier alpha value is -1.56. The van der Waals surface area contributed by atoms with E-state index in [4.69, 9.17) is 10.5 Å². The number of ether oxygens (including phenoxy) is 2. The van der Waals surface area contributed by atoms with Gasteiger partial charge in [0.05, 0.1) is 19.8 Å². The van der Waals surface area contributed by atoms with Crippen molar-refractivity contribution < 1.29 is 14.3 Å². The van der Waals surface area contributed by atoms with E-state index in [-0.39, 0.29) is 11.7 Å². The van der Waals surface area contributed by atoms with Gasteiger partial charge in [-0.2, -0.15) is 0 Å². The van der Waals surface area contributed by atoms with Crippen LogP contribution in [-0.4, -0.2) is 35.8 Å². The summed E-state index contributed by atoms with van der Waals surface area (Å²) >= 11 is 0. The van der Waals surface area contributed by atoms with Gasteiger partial charge in [-0.15, -0.1) is 0 Å². The van der Waals surface area contributed by atoms with Crippen molar-refractivity contribution in [2.45, 2.75) is 33.7 Å². The van der Waals surface area contributed by atoms with Crippen LogP contribution in [0.3, 0.4) is 0 Å². The number of nitrogens with two attached hydrogens (primary N) is 1. The van der Waals surface area contributed by atoms with Crippen LogP contribution in [0.25, 0.3) is 0 Å². The van der Waals surface area contributed by atoms with E-state index in [0.717, 1.165) is 0 Å². The molecule has 1 atom stereocenters. The van der Waals surface area contributed by atoms with Crippen LogP contribution in [0.4, 0.5) is 5.82 Å². The number of aryl methyl sites for hydroxylation is 1. The second kappa shape index (κ2) is 6.56. The number of methoxy groups -OCH3 is 1. The minimum absolute atomic E-state index is 0.0471. The van der Waals surface area contributed by atoms with Gasteiger partial charge in [0.15, 0.2) is 5.69 Å². The Balaban J connectivity index is 3.16. The maximum absolute atomic E-state index is 11.6. The van der Waals surface area contributed by atoms with Crippen molar-refractivity contribution in [1.29, 1.82) is 0 Å². The number of rotatable bonds is 6. The second-order valence-corrected chi connectivity index (χ2v) is 4.73. The van der Waals surface area contributed by atoms with Gasteiger partial charge in [-0.1, -0.05) is 13.8 Å². The smallest absolute Gasteiger partial charge is 0.360 e. The van der Waals surface area contributed by atoms with Crippen molar-refractivity contribution >= 4 is 11.8 Å². The van der Waals surface area contributed by atoms with E-state index in [0.29, 0.717) is 30.8 Å². The van der Waals surface area contributed by atoms with Crippen LogP contribution in [0.5, 0.6) is 0 Å². The molecule has 6 heteroatoms. The molecule has 0 amide bonds. The summed E-state index contributed by atoms with van der Waals surface area (Å²) in [4.78, 5) is 15.8. The minimum Gasteiger partial charge on any atom is -0.464 e. The number of carbonyl (C=O) groups is 1. The fourth-order valence-electron chi connectivity index (χ4n) is 2.03. The van der Waals surface area contributed by atoms with E-state index in [9.17, 15) is 4.79 Å². The second-order valence-electron chi connectivity index (χ2n) is 4.73. The van der Waals surface area contributed by atoms with Gasteiger partial charge in [0.1, 0.15) is 11.6 Å². The summed E-state index contributed by atoms with van der Waals surface area (Å²) in [6, 6.07) is 0.0471. The van der Waals surface area contributed by atoms with Gasteiger partial charge >= 0.3 is 5.97 Å². The number of esters is 1. The van der Waals surface area contributed by atoms with E-state index < -0.39 is 5.97 Å². The molecule has 6 nitrogen and oxygen atoms in total. The molecule has 1 aromatic rings. The Bertz CT molecular complexity index is 441. The molecular formula is C13H23N3O3. The topological polar surface area (TPSA) is 79.4 Å². The largest absolute Gasteiger partial charge is 0.464 e. The Labute approximate surface area is 113 Å². The summed E-state index contributed by atoms with van der Waals surface area (Å²) in [5, 5.41) is 0. The van der Waals surface area contributed by atoms with Gasteiger partial charge in [0.2, 0.25) is 0 Å². The van der Waals surface area contributed by atoms with Crippen molar-refractivity contribution in [1.82, 2.24) is 9.55 Å². The molecule has 108 valence electrons. The van der Waals surface area contributed by atoms with Crippen molar-refractivity contribution in [2.24, 2.45) is 5.92 Å². The first kappa shape index (κ1) is 15.5. The van der Waals surface area contributed by atoms with E-state index in [1.807, 2.05) is 18.4 Å². The van der Waals surface area contributed by atoms with Gasteiger partial charge in [-0.05, 0) is 19.8 Å². The van der Waals surface area contributed by atoms with Crippen molar-refractivity contribution in [2.75, 3.05) is 26.1 Å². The zero-order valence-corrected chi connectivity index (χ0v) is 12.3. The number of aromatic nitrogens is 2. The molecule has 0 aliphatic heterocycles. The van der Waals surface area contributed by atoms with Crippen LogP contribution >= 0.6 is 0 Å². The van der Waals surface area contributed by atoms with E-state index in [2.05, 4.69) is 23.6 Å². The van der Waals surface area contributed by atoms with Crippen LogP contribution in [0.2, 0.25) is 0 Å². The molecular weight excluding hydrogens is 246 g/mol. The molecule has 1 heterocycles. The highest BCUT2D eigenvalue weighted by Crippen LogP contribution is 2.26. The predicted molar refractivity (Wildman–Crippen MR) is 73.1 cm³/mol. The fraction of sp³-hybridized carbons (Fsp3) is 0.692. The molecule has 1 unspecified atom stereocenters. The van der Waals surface area contributed by atoms with Crippen LogP contribution in [-0.2, 0) is 9.47 Å². The standard InChI is InChI=1S/C13H23N3O3/c1-6-19-7-10(8(2)3)16-9(4)15-11(12(16)14)13(17)18-5/h8,10H,6-7,14H2,1-5H3. The van der Waals surface area contributed by atoms with Gasteiger partial charge in [-0.25, -0.2) is 9.78 Å². The molecule has 0 radical (unpaired) electrons. The lowest BCUT2D eigenvalue weighted by molar-refractivity contribution is 0.0595. The summed E-state index contributed by atoms with van der Waals surface area (Å²) in [5.41, 5.74) is 6.20. The lowest BCUT2D eigenvalue weighted by Gasteiger charge is -2.24. The van der Waals surface area contributed by atoms with E-state index in [1.165, 1.54) is 7.11 Å². The number of carbonyl (C=O) groups excluding carboxylic acids is 1. The SMILES string of the molecule is CCOCC(C(C)C)n1c(C)nc(C(=O)OC)c1N. The quantitative estimate of drug-likeness (QED) is 0.796. The minimum atomic E-state index is -0.515. The maximum atomic E-state index is 11.6. The van der Waals surface area contributed by atoms with Crippen LogP contribution in [0.15, 0.2) is 0 Å². The monoisotopic (exact) mass is 269 g/mol. The average molecular weight is 269 g/mol. The van der Waals surface area contributed by atoms with Crippen LogP contribution in [0, 0.1) is 12.8 Å². The number of hydrogen-bond donors (Lipinski definition) is 1. The summed E-state index contributed by atoms with van der Waals surface area (Å²) in [7, 11) is 1.32. The van der Waals surface area contributed by atoms with Crippen molar-refractivity contribution in [3.63, 3.8) is 0 Å². The summed E-state index contributed by atoms with van der Waals surface area (Å²) in [6.07, 6.45) is 0. The van der Waals surface area contributed by atoms with E-state index in [1.54, 1.807) is 0 Å². The third-order valence-electron chi connectivity index (χ3n) is 3.10. The average Bonchev–Trinajstić information content (AvgIpc) is 2.65. The molecule has 0 aliphatic carbocycles. The molecule has 19 heavy (non-hydrogen) atoms. The van der Waals surface area contributed by atoms with Crippen molar-refractivity contribution in [3.05, 3.63) is 11.5 Å². The number of nitrogens with zero attached hydrogens (tertiary/aromatic N) is 2. The normalized spacial score (nSPS) is 12.7. The molecule has 0 fully saturated rings. The fourth-order valence-corrected chi connectivity index (χ4v) is 2.03.